The Morgan fingerprint density at radius 2 is 2.24 bits per heavy atom. The van der Waals surface area contributed by atoms with E-state index in [1.54, 1.807) is 4.90 Å². The molecule has 5 nitrogen and oxygen atoms in total. The summed E-state index contributed by atoms with van der Waals surface area (Å²) in [5.74, 6) is 0.272. The van der Waals surface area contributed by atoms with Crippen LogP contribution in [0.2, 0.25) is 0 Å². The Labute approximate surface area is 99.2 Å². The molecule has 1 aliphatic rings. The molecule has 2 heterocycles. The Bertz CT molecular complexity index is 439. The first-order chi connectivity index (χ1) is 8.06. The average molecular weight is 236 g/mol. The minimum Gasteiger partial charge on any atom is -0.430 e. The second-order valence-corrected chi connectivity index (χ2v) is 4.65. The smallest absolute Gasteiger partial charge is 0.335 e. The van der Waals surface area contributed by atoms with Crippen LogP contribution in [0.15, 0.2) is 27.6 Å². The third-order valence-electron chi connectivity index (χ3n) is 2.93. The summed E-state index contributed by atoms with van der Waals surface area (Å²) in [5, 5.41) is 0. The van der Waals surface area contributed by atoms with Gasteiger partial charge in [-0.2, -0.15) is 0 Å². The first kappa shape index (κ1) is 11.9. The normalized spacial score (nSPS) is 24.7. The second kappa shape index (κ2) is 4.71. The van der Waals surface area contributed by atoms with Gasteiger partial charge in [0.15, 0.2) is 0 Å². The number of nitrogens with two attached hydrogens (primary N) is 1. The Balaban J connectivity index is 2.14. The molecule has 0 aromatic carbocycles. The summed E-state index contributed by atoms with van der Waals surface area (Å²) < 4.78 is 4.69. The van der Waals surface area contributed by atoms with Gasteiger partial charge in [-0.05, 0) is 18.4 Å². The molecule has 17 heavy (non-hydrogen) atoms. The highest BCUT2D eigenvalue weighted by Gasteiger charge is 2.26. The number of hydrogen-bond acceptors (Lipinski definition) is 4. The van der Waals surface area contributed by atoms with Gasteiger partial charge < -0.3 is 15.1 Å². The maximum atomic E-state index is 12.1. The van der Waals surface area contributed by atoms with Crippen molar-refractivity contribution in [2.75, 3.05) is 13.1 Å². The van der Waals surface area contributed by atoms with Crippen LogP contribution in [0.1, 0.15) is 23.7 Å². The van der Waals surface area contributed by atoms with E-state index in [0.29, 0.717) is 24.6 Å². The summed E-state index contributed by atoms with van der Waals surface area (Å²) in [7, 11) is 0. The topological polar surface area (TPSA) is 76.5 Å². The number of amides is 1. The zero-order chi connectivity index (χ0) is 12.4. The van der Waals surface area contributed by atoms with E-state index in [4.69, 9.17) is 5.73 Å². The molecule has 2 unspecified atom stereocenters. The lowest BCUT2D eigenvalue weighted by molar-refractivity contribution is 0.0658. The Morgan fingerprint density at radius 1 is 1.47 bits per heavy atom. The van der Waals surface area contributed by atoms with Crippen molar-refractivity contribution in [1.82, 2.24) is 4.90 Å². The van der Waals surface area contributed by atoms with Crippen LogP contribution in [-0.4, -0.2) is 29.9 Å². The summed E-state index contributed by atoms with van der Waals surface area (Å²) in [4.78, 5) is 24.6. The van der Waals surface area contributed by atoms with Crippen LogP contribution >= 0.6 is 0 Å². The number of hydrogen-bond donors (Lipinski definition) is 1. The van der Waals surface area contributed by atoms with Crippen molar-refractivity contribution in [2.45, 2.75) is 19.4 Å². The highest BCUT2D eigenvalue weighted by molar-refractivity contribution is 5.93. The summed E-state index contributed by atoms with van der Waals surface area (Å²) >= 11 is 0. The third kappa shape index (κ3) is 2.74. The molecule has 0 radical (unpaired) electrons. The summed E-state index contributed by atoms with van der Waals surface area (Å²) in [6, 6.07) is 2.76. The first-order valence-electron chi connectivity index (χ1n) is 5.70. The van der Waals surface area contributed by atoms with E-state index in [1.165, 1.54) is 18.4 Å². The van der Waals surface area contributed by atoms with Gasteiger partial charge in [-0.25, -0.2) is 4.79 Å². The van der Waals surface area contributed by atoms with Gasteiger partial charge >= 0.3 is 5.63 Å². The SMILES string of the molecule is CC1CC(N)CN(C(=O)c2ccc(=O)oc2)C1. The minimum atomic E-state index is -0.453. The Hall–Kier alpha value is -1.62. The summed E-state index contributed by atoms with van der Waals surface area (Å²) in [6.07, 6.45) is 2.14. The van der Waals surface area contributed by atoms with Gasteiger partial charge in [-0.3, -0.25) is 4.79 Å². The Morgan fingerprint density at radius 3 is 2.82 bits per heavy atom. The number of carbonyl (C=O) groups is 1. The highest BCUT2D eigenvalue weighted by atomic mass is 16.4. The molecule has 1 aliphatic heterocycles. The summed E-state index contributed by atoms with van der Waals surface area (Å²) in [5.41, 5.74) is 5.83. The van der Waals surface area contributed by atoms with Gasteiger partial charge in [0.2, 0.25) is 0 Å². The van der Waals surface area contributed by atoms with Gasteiger partial charge in [-0.15, -0.1) is 0 Å². The van der Waals surface area contributed by atoms with Crippen LogP contribution < -0.4 is 11.4 Å². The van der Waals surface area contributed by atoms with Gasteiger partial charge in [-0.1, -0.05) is 6.92 Å². The molecule has 1 aromatic rings. The molecule has 1 amide bonds. The highest BCUT2D eigenvalue weighted by Crippen LogP contribution is 2.17. The van der Waals surface area contributed by atoms with Gasteiger partial charge in [0.05, 0.1) is 5.56 Å². The molecule has 1 aromatic heterocycles. The van der Waals surface area contributed by atoms with E-state index in [1.807, 2.05) is 0 Å². The van der Waals surface area contributed by atoms with E-state index < -0.39 is 5.63 Å². The number of likely N-dealkylation sites (tertiary alicyclic amines) is 1. The average Bonchev–Trinajstić information content (AvgIpc) is 2.28. The molecular weight excluding hydrogens is 220 g/mol. The predicted octanol–water partition coefficient (Wildman–Crippen LogP) is 0.449. The lowest BCUT2D eigenvalue weighted by Gasteiger charge is -2.34. The van der Waals surface area contributed by atoms with Crippen molar-refractivity contribution in [3.63, 3.8) is 0 Å². The fraction of sp³-hybridized carbons (Fsp3) is 0.500. The third-order valence-corrected chi connectivity index (χ3v) is 2.93. The van der Waals surface area contributed by atoms with Crippen LogP contribution in [0.25, 0.3) is 0 Å². The van der Waals surface area contributed by atoms with Crippen molar-refractivity contribution in [1.29, 1.82) is 0 Å². The second-order valence-electron chi connectivity index (χ2n) is 4.65. The molecule has 2 atom stereocenters. The van der Waals surface area contributed by atoms with Crippen LogP contribution in [0.5, 0.6) is 0 Å². The van der Waals surface area contributed by atoms with Gasteiger partial charge in [0, 0.05) is 25.2 Å². The molecule has 1 fully saturated rings. The van der Waals surface area contributed by atoms with Crippen molar-refractivity contribution >= 4 is 5.91 Å². The van der Waals surface area contributed by atoms with Gasteiger partial charge in [0.1, 0.15) is 6.26 Å². The van der Waals surface area contributed by atoms with E-state index in [9.17, 15) is 9.59 Å². The van der Waals surface area contributed by atoms with Crippen LogP contribution in [-0.2, 0) is 0 Å². The molecule has 0 bridgehead atoms. The molecule has 5 heteroatoms. The number of rotatable bonds is 1. The molecule has 0 spiro atoms. The zero-order valence-electron chi connectivity index (χ0n) is 9.76. The van der Waals surface area contributed by atoms with E-state index >= 15 is 0 Å². The number of nitrogens with zero attached hydrogens (tertiary/aromatic N) is 1. The molecule has 92 valence electrons. The maximum Gasteiger partial charge on any atom is 0.335 e. The van der Waals surface area contributed by atoms with Crippen molar-refractivity contribution in [3.8, 4) is 0 Å². The predicted molar refractivity (Wildman–Crippen MR) is 62.6 cm³/mol. The standard InChI is InChI=1S/C12H16N2O3/c1-8-4-10(13)6-14(5-8)12(16)9-2-3-11(15)17-7-9/h2-3,7-8,10H,4-6,13H2,1H3. The molecule has 0 saturated carbocycles. The number of piperidine rings is 1. The first-order valence-corrected chi connectivity index (χ1v) is 5.70. The number of carbonyl (C=O) groups excluding carboxylic acids is 1. The zero-order valence-corrected chi connectivity index (χ0v) is 9.76. The van der Waals surface area contributed by atoms with Gasteiger partial charge in [0.25, 0.3) is 5.91 Å². The molecule has 2 rings (SSSR count). The molecule has 2 N–H and O–H groups in total. The monoisotopic (exact) mass is 236 g/mol. The fourth-order valence-corrected chi connectivity index (χ4v) is 2.23. The van der Waals surface area contributed by atoms with Crippen LogP contribution in [0.3, 0.4) is 0 Å². The van der Waals surface area contributed by atoms with E-state index in [0.717, 1.165) is 6.42 Å². The minimum absolute atomic E-state index is 0.0263. The maximum absolute atomic E-state index is 12.1. The summed E-state index contributed by atoms with van der Waals surface area (Å²) in [6.45, 7) is 3.33. The van der Waals surface area contributed by atoms with E-state index in [2.05, 4.69) is 11.3 Å². The lowest BCUT2D eigenvalue weighted by Crippen LogP contribution is -2.48. The largest absolute Gasteiger partial charge is 0.430 e. The van der Waals surface area contributed by atoms with Crippen molar-refractivity contribution in [3.05, 3.63) is 34.4 Å². The molecular formula is C12H16N2O3. The van der Waals surface area contributed by atoms with Crippen LogP contribution in [0, 0.1) is 5.92 Å². The van der Waals surface area contributed by atoms with Crippen LogP contribution in [0.4, 0.5) is 0 Å². The molecule has 0 aliphatic carbocycles. The lowest BCUT2D eigenvalue weighted by atomic mass is 9.96. The van der Waals surface area contributed by atoms with Crippen molar-refractivity contribution in [2.24, 2.45) is 11.7 Å². The Kier molecular flexibility index (Phi) is 3.28. The fourth-order valence-electron chi connectivity index (χ4n) is 2.23. The quantitative estimate of drug-likeness (QED) is 0.768. The van der Waals surface area contributed by atoms with Crippen molar-refractivity contribution < 1.29 is 9.21 Å². The van der Waals surface area contributed by atoms with E-state index in [-0.39, 0.29) is 11.9 Å². The molecule has 1 saturated heterocycles.